The molecule has 158 valence electrons. The maximum absolute atomic E-state index is 6.26. The van der Waals surface area contributed by atoms with Crippen LogP contribution in [0.1, 0.15) is 11.1 Å². The van der Waals surface area contributed by atoms with Crippen molar-refractivity contribution in [1.82, 2.24) is 0 Å². The van der Waals surface area contributed by atoms with Gasteiger partial charge in [0.25, 0.3) is 0 Å². The van der Waals surface area contributed by atoms with Gasteiger partial charge in [-0.2, -0.15) is 0 Å². The lowest BCUT2D eigenvalue weighted by Crippen LogP contribution is -2.03. The lowest BCUT2D eigenvalue weighted by atomic mass is 10.1. The number of fused-ring (bicyclic) bond motifs is 1. The summed E-state index contributed by atoms with van der Waals surface area (Å²) >= 11 is 16.1. The highest BCUT2D eigenvalue weighted by atomic mass is 79.9. The number of nitrogens with one attached hydrogen (secondary N) is 1. The summed E-state index contributed by atoms with van der Waals surface area (Å²) in [7, 11) is 1.62. The lowest BCUT2D eigenvalue weighted by molar-refractivity contribution is 0.282. The highest BCUT2D eigenvalue weighted by Gasteiger charge is 2.14. The average molecular weight is 517 g/mol. The molecular weight excluding hydrogens is 497 g/mol. The second kappa shape index (κ2) is 9.82. The van der Waals surface area contributed by atoms with Gasteiger partial charge >= 0.3 is 0 Å². The molecule has 0 atom stereocenters. The number of benzene rings is 4. The molecule has 0 fully saturated rings. The van der Waals surface area contributed by atoms with Crippen molar-refractivity contribution >= 4 is 55.6 Å². The molecule has 0 spiro atoms. The fourth-order valence-corrected chi connectivity index (χ4v) is 4.52. The van der Waals surface area contributed by atoms with E-state index in [-0.39, 0.29) is 6.61 Å². The molecule has 31 heavy (non-hydrogen) atoms. The molecule has 0 aliphatic heterocycles. The number of ether oxygens (including phenoxy) is 2. The predicted octanol–water partition coefficient (Wildman–Crippen LogP) is 8.11. The summed E-state index contributed by atoms with van der Waals surface area (Å²) in [5.41, 5.74) is 2.88. The molecule has 0 amide bonds. The lowest BCUT2D eigenvalue weighted by Gasteiger charge is -2.16. The summed E-state index contributed by atoms with van der Waals surface area (Å²) in [5, 5.41) is 7.05. The minimum Gasteiger partial charge on any atom is -0.493 e. The van der Waals surface area contributed by atoms with E-state index in [1.807, 2.05) is 30.3 Å². The van der Waals surface area contributed by atoms with E-state index in [4.69, 9.17) is 32.7 Å². The van der Waals surface area contributed by atoms with Gasteiger partial charge in [-0.25, -0.2) is 0 Å². The van der Waals surface area contributed by atoms with Gasteiger partial charge in [0, 0.05) is 33.2 Å². The number of hydrogen-bond donors (Lipinski definition) is 1. The Morgan fingerprint density at radius 3 is 2.39 bits per heavy atom. The fourth-order valence-electron chi connectivity index (χ4n) is 3.41. The topological polar surface area (TPSA) is 30.5 Å². The van der Waals surface area contributed by atoms with E-state index in [0.29, 0.717) is 28.1 Å². The zero-order valence-electron chi connectivity index (χ0n) is 16.8. The second-order valence-electron chi connectivity index (χ2n) is 6.98. The molecule has 0 bridgehead atoms. The van der Waals surface area contributed by atoms with Crippen molar-refractivity contribution in [3.8, 4) is 11.5 Å². The van der Waals surface area contributed by atoms with Gasteiger partial charge in [0.05, 0.1) is 11.6 Å². The van der Waals surface area contributed by atoms with Crippen LogP contribution in [0.15, 0.2) is 77.3 Å². The Kier molecular flexibility index (Phi) is 6.91. The highest BCUT2D eigenvalue weighted by molar-refractivity contribution is 9.10. The minimum atomic E-state index is 0.237. The summed E-state index contributed by atoms with van der Waals surface area (Å²) in [6.07, 6.45) is 0. The molecule has 1 N–H and O–H groups in total. The molecule has 0 aliphatic carbocycles. The third kappa shape index (κ3) is 4.93. The molecule has 4 aromatic carbocycles. The van der Waals surface area contributed by atoms with Crippen LogP contribution in [-0.4, -0.2) is 7.11 Å². The summed E-state index contributed by atoms with van der Waals surface area (Å²) in [6.45, 7) is 0.876. The first kappa shape index (κ1) is 21.8. The first-order chi connectivity index (χ1) is 15.1. The van der Waals surface area contributed by atoms with Crippen molar-refractivity contribution in [2.24, 2.45) is 0 Å². The van der Waals surface area contributed by atoms with Crippen molar-refractivity contribution in [3.05, 3.63) is 98.4 Å². The zero-order chi connectivity index (χ0) is 21.8. The summed E-state index contributed by atoms with van der Waals surface area (Å²) < 4.78 is 12.4. The third-order valence-corrected chi connectivity index (χ3v) is 6.28. The predicted molar refractivity (Wildman–Crippen MR) is 133 cm³/mol. The van der Waals surface area contributed by atoms with Crippen LogP contribution in [0.3, 0.4) is 0 Å². The van der Waals surface area contributed by atoms with Crippen molar-refractivity contribution < 1.29 is 9.47 Å². The first-order valence-corrected chi connectivity index (χ1v) is 11.3. The van der Waals surface area contributed by atoms with Gasteiger partial charge in [-0.05, 0) is 57.2 Å². The Balaban J connectivity index is 1.53. The van der Waals surface area contributed by atoms with E-state index >= 15 is 0 Å². The van der Waals surface area contributed by atoms with Crippen LogP contribution in [0.4, 0.5) is 5.69 Å². The standard InChI is InChI=1S/C25H20BrCl2NO2/c1-30-24-13-16(14-29-23-11-4-7-17-6-2-3-8-18(17)23)12-20(26)25(24)31-15-19-21(27)9-5-10-22(19)28/h2-13,29H,14-15H2,1H3. The van der Waals surface area contributed by atoms with Crippen LogP contribution in [0.2, 0.25) is 10.0 Å². The highest BCUT2D eigenvalue weighted by Crippen LogP contribution is 2.38. The van der Waals surface area contributed by atoms with Crippen LogP contribution in [0.5, 0.6) is 11.5 Å². The van der Waals surface area contributed by atoms with Crippen LogP contribution in [0, 0.1) is 0 Å². The SMILES string of the molecule is COc1cc(CNc2cccc3ccccc23)cc(Br)c1OCc1c(Cl)cccc1Cl. The second-order valence-corrected chi connectivity index (χ2v) is 8.65. The van der Waals surface area contributed by atoms with Crippen molar-refractivity contribution in [2.45, 2.75) is 13.2 Å². The first-order valence-electron chi connectivity index (χ1n) is 9.70. The molecular formula is C25H20BrCl2NO2. The Bertz CT molecular complexity index is 1200. The summed E-state index contributed by atoms with van der Waals surface area (Å²) in [4.78, 5) is 0. The quantitative estimate of drug-likeness (QED) is 0.269. The largest absolute Gasteiger partial charge is 0.493 e. The van der Waals surface area contributed by atoms with E-state index in [0.717, 1.165) is 21.3 Å². The zero-order valence-corrected chi connectivity index (χ0v) is 19.9. The van der Waals surface area contributed by atoms with E-state index in [9.17, 15) is 0 Å². The number of halogens is 3. The smallest absolute Gasteiger partial charge is 0.175 e. The Morgan fingerprint density at radius 2 is 1.61 bits per heavy atom. The van der Waals surface area contributed by atoms with E-state index in [1.54, 1.807) is 19.2 Å². The molecule has 6 heteroatoms. The van der Waals surface area contributed by atoms with Crippen molar-refractivity contribution in [3.63, 3.8) is 0 Å². The summed E-state index contributed by atoms with van der Waals surface area (Å²) in [6, 6.07) is 23.9. The van der Waals surface area contributed by atoms with Gasteiger partial charge in [-0.15, -0.1) is 0 Å². The fraction of sp³-hybridized carbons (Fsp3) is 0.120. The van der Waals surface area contributed by atoms with Crippen molar-refractivity contribution in [2.75, 3.05) is 12.4 Å². The molecule has 0 saturated carbocycles. The van der Waals surface area contributed by atoms with Gasteiger partial charge in [-0.1, -0.05) is 65.7 Å². The van der Waals surface area contributed by atoms with E-state index < -0.39 is 0 Å². The van der Waals surface area contributed by atoms with Gasteiger partial charge < -0.3 is 14.8 Å². The molecule has 4 aromatic rings. The Hall–Kier alpha value is -2.40. The number of methoxy groups -OCH3 is 1. The average Bonchev–Trinajstić information content (AvgIpc) is 2.78. The molecule has 4 rings (SSSR count). The van der Waals surface area contributed by atoms with Gasteiger partial charge in [0.15, 0.2) is 11.5 Å². The Labute approximate surface area is 200 Å². The third-order valence-electron chi connectivity index (χ3n) is 4.98. The van der Waals surface area contributed by atoms with Crippen LogP contribution in [0.25, 0.3) is 10.8 Å². The van der Waals surface area contributed by atoms with Gasteiger partial charge in [0.1, 0.15) is 6.61 Å². The van der Waals surface area contributed by atoms with Crippen LogP contribution < -0.4 is 14.8 Å². The molecule has 3 nitrogen and oxygen atoms in total. The molecule has 0 unspecified atom stereocenters. The minimum absolute atomic E-state index is 0.237. The monoisotopic (exact) mass is 515 g/mol. The molecule has 0 aliphatic rings. The number of hydrogen-bond acceptors (Lipinski definition) is 3. The molecule has 0 heterocycles. The summed E-state index contributed by atoms with van der Waals surface area (Å²) in [5.74, 6) is 1.24. The van der Waals surface area contributed by atoms with Gasteiger partial charge in [0.2, 0.25) is 0 Å². The van der Waals surface area contributed by atoms with Gasteiger partial charge in [-0.3, -0.25) is 0 Å². The van der Waals surface area contributed by atoms with E-state index in [1.165, 1.54) is 10.8 Å². The van der Waals surface area contributed by atoms with Crippen molar-refractivity contribution in [1.29, 1.82) is 0 Å². The van der Waals surface area contributed by atoms with E-state index in [2.05, 4.69) is 51.6 Å². The number of anilines is 1. The maximum Gasteiger partial charge on any atom is 0.175 e. The number of rotatable bonds is 7. The maximum atomic E-state index is 6.26. The normalized spacial score (nSPS) is 10.8. The van der Waals surface area contributed by atoms with Crippen LogP contribution in [-0.2, 0) is 13.2 Å². The molecule has 0 saturated heterocycles. The van der Waals surface area contributed by atoms with Crippen LogP contribution >= 0.6 is 39.1 Å². The molecule has 0 aromatic heterocycles. The molecule has 0 radical (unpaired) electrons. The Morgan fingerprint density at radius 1 is 0.903 bits per heavy atom.